The normalized spacial score (nSPS) is 12.0. The fourth-order valence-electron chi connectivity index (χ4n) is 2.56. The van der Waals surface area contributed by atoms with Crippen LogP contribution in [0.15, 0.2) is 48.5 Å². The van der Waals surface area contributed by atoms with Gasteiger partial charge in [0.15, 0.2) is 0 Å². The summed E-state index contributed by atoms with van der Waals surface area (Å²) >= 11 is 0. The van der Waals surface area contributed by atoms with Gasteiger partial charge in [-0.3, -0.25) is 0 Å². The molecule has 2 aromatic rings. The van der Waals surface area contributed by atoms with E-state index in [2.05, 4.69) is 37.1 Å². The second-order valence-electron chi connectivity index (χ2n) is 5.35. The fourth-order valence-corrected chi connectivity index (χ4v) is 2.56. The summed E-state index contributed by atoms with van der Waals surface area (Å²) in [6.45, 7) is 3.00. The third kappa shape index (κ3) is 3.76. The Morgan fingerprint density at radius 3 is 2.48 bits per heavy atom. The quantitative estimate of drug-likeness (QED) is 0.882. The number of para-hydroxylation sites is 2. The van der Waals surface area contributed by atoms with Crippen molar-refractivity contribution in [3.63, 3.8) is 0 Å². The van der Waals surface area contributed by atoms with Crippen molar-refractivity contribution in [2.75, 3.05) is 25.6 Å². The summed E-state index contributed by atoms with van der Waals surface area (Å²) in [5, 5.41) is 0. The van der Waals surface area contributed by atoms with Crippen LogP contribution in [0.3, 0.4) is 0 Å². The Labute approximate surface area is 127 Å². The molecule has 0 heterocycles. The van der Waals surface area contributed by atoms with E-state index in [9.17, 15) is 0 Å². The zero-order valence-corrected chi connectivity index (χ0v) is 13.0. The molecule has 2 aromatic carbocycles. The molecule has 1 atom stereocenters. The van der Waals surface area contributed by atoms with Gasteiger partial charge in [-0.15, -0.1) is 0 Å². The average molecular weight is 284 g/mol. The minimum absolute atomic E-state index is 0.0587. The van der Waals surface area contributed by atoms with Gasteiger partial charge < -0.3 is 15.4 Å². The number of aryl methyl sites for hydroxylation is 1. The van der Waals surface area contributed by atoms with Crippen LogP contribution in [0.1, 0.15) is 23.6 Å². The zero-order valence-electron chi connectivity index (χ0n) is 13.0. The minimum Gasteiger partial charge on any atom is -0.495 e. The molecule has 0 fully saturated rings. The van der Waals surface area contributed by atoms with Crippen molar-refractivity contribution in [3.05, 3.63) is 59.7 Å². The first kappa shape index (κ1) is 15.4. The second-order valence-corrected chi connectivity index (χ2v) is 5.35. The van der Waals surface area contributed by atoms with Crippen molar-refractivity contribution in [2.24, 2.45) is 5.73 Å². The molecule has 0 aliphatic heterocycles. The van der Waals surface area contributed by atoms with E-state index < -0.39 is 0 Å². The van der Waals surface area contributed by atoms with Gasteiger partial charge in [-0.25, -0.2) is 0 Å². The molecule has 0 bridgehead atoms. The molecule has 3 nitrogen and oxygen atoms in total. The summed E-state index contributed by atoms with van der Waals surface area (Å²) in [5.74, 6) is 0.893. The number of ether oxygens (including phenoxy) is 1. The number of nitrogens with two attached hydrogens (primary N) is 1. The van der Waals surface area contributed by atoms with Crippen molar-refractivity contribution in [2.45, 2.75) is 19.4 Å². The van der Waals surface area contributed by atoms with Crippen molar-refractivity contribution < 1.29 is 4.74 Å². The Bertz CT molecular complexity index is 583. The largest absolute Gasteiger partial charge is 0.495 e. The molecule has 0 saturated heterocycles. The molecule has 112 valence electrons. The van der Waals surface area contributed by atoms with E-state index in [0.29, 0.717) is 0 Å². The van der Waals surface area contributed by atoms with Crippen molar-refractivity contribution in [3.8, 4) is 5.75 Å². The number of methoxy groups -OCH3 is 1. The van der Waals surface area contributed by atoms with Crippen LogP contribution in [-0.4, -0.2) is 20.7 Å². The van der Waals surface area contributed by atoms with E-state index in [4.69, 9.17) is 10.5 Å². The lowest BCUT2D eigenvalue weighted by atomic mass is 9.99. The SMILES string of the molecule is COc1ccccc1N(C)CCC(N)c1ccccc1C. The molecule has 0 aromatic heterocycles. The summed E-state index contributed by atoms with van der Waals surface area (Å²) in [4.78, 5) is 2.19. The number of benzene rings is 2. The predicted octanol–water partition coefficient (Wildman–Crippen LogP) is 3.53. The van der Waals surface area contributed by atoms with Crippen LogP contribution in [0.4, 0.5) is 5.69 Å². The number of rotatable bonds is 6. The average Bonchev–Trinajstić information content (AvgIpc) is 2.52. The molecule has 21 heavy (non-hydrogen) atoms. The first-order valence-corrected chi connectivity index (χ1v) is 7.28. The van der Waals surface area contributed by atoms with E-state index in [-0.39, 0.29) is 6.04 Å². The standard InChI is InChI=1S/C18H24N2O/c1-14-8-4-5-9-15(14)16(19)12-13-20(2)17-10-6-7-11-18(17)21-3/h4-11,16H,12-13,19H2,1-3H3. The van der Waals surface area contributed by atoms with Crippen LogP contribution in [0.5, 0.6) is 5.75 Å². The van der Waals surface area contributed by atoms with E-state index >= 15 is 0 Å². The molecule has 0 spiro atoms. The van der Waals surface area contributed by atoms with Gasteiger partial charge in [0.1, 0.15) is 5.75 Å². The highest BCUT2D eigenvalue weighted by Gasteiger charge is 2.12. The smallest absolute Gasteiger partial charge is 0.142 e. The predicted molar refractivity (Wildman–Crippen MR) is 89.0 cm³/mol. The molecule has 2 N–H and O–H groups in total. The van der Waals surface area contributed by atoms with Gasteiger partial charge >= 0.3 is 0 Å². The van der Waals surface area contributed by atoms with E-state index in [1.165, 1.54) is 11.1 Å². The Morgan fingerprint density at radius 2 is 1.76 bits per heavy atom. The van der Waals surface area contributed by atoms with E-state index in [1.807, 2.05) is 30.3 Å². The lowest BCUT2D eigenvalue weighted by Crippen LogP contribution is -2.24. The molecular weight excluding hydrogens is 260 g/mol. The second kappa shape index (κ2) is 7.14. The summed E-state index contributed by atoms with van der Waals surface area (Å²) in [6.07, 6.45) is 0.902. The highest BCUT2D eigenvalue weighted by atomic mass is 16.5. The van der Waals surface area contributed by atoms with Gasteiger partial charge in [0.05, 0.1) is 12.8 Å². The van der Waals surface area contributed by atoms with Gasteiger partial charge in [0.2, 0.25) is 0 Å². The van der Waals surface area contributed by atoms with Gasteiger partial charge in [-0.05, 0) is 36.6 Å². The molecule has 0 radical (unpaired) electrons. The van der Waals surface area contributed by atoms with Crippen molar-refractivity contribution in [1.82, 2.24) is 0 Å². The monoisotopic (exact) mass is 284 g/mol. The highest BCUT2D eigenvalue weighted by molar-refractivity contribution is 5.57. The molecule has 0 saturated carbocycles. The maximum Gasteiger partial charge on any atom is 0.142 e. The first-order valence-electron chi connectivity index (χ1n) is 7.28. The number of anilines is 1. The summed E-state index contributed by atoms with van der Waals surface area (Å²) in [5.41, 5.74) is 9.91. The number of nitrogens with zero attached hydrogens (tertiary/aromatic N) is 1. The summed E-state index contributed by atoms with van der Waals surface area (Å²) < 4.78 is 5.40. The lowest BCUT2D eigenvalue weighted by Gasteiger charge is -2.24. The Balaban J connectivity index is 2.01. The molecule has 3 heteroatoms. The molecule has 1 unspecified atom stereocenters. The van der Waals surface area contributed by atoms with Crippen LogP contribution in [0.2, 0.25) is 0 Å². The Hall–Kier alpha value is -2.00. The zero-order chi connectivity index (χ0) is 15.2. The fraction of sp³-hybridized carbons (Fsp3) is 0.333. The van der Waals surface area contributed by atoms with Crippen LogP contribution >= 0.6 is 0 Å². The van der Waals surface area contributed by atoms with Crippen LogP contribution < -0.4 is 15.4 Å². The Morgan fingerprint density at radius 1 is 1.10 bits per heavy atom. The number of hydrogen-bond donors (Lipinski definition) is 1. The minimum atomic E-state index is 0.0587. The Kier molecular flexibility index (Phi) is 5.23. The first-order chi connectivity index (χ1) is 10.1. The summed E-state index contributed by atoms with van der Waals surface area (Å²) in [7, 11) is 3.77. The van der Waals surface area contributed by atoms with Gasteiger partial charge in [-0.1, -0.05) is 36.4 Å². The highest BCUT2D eigenvalue weighted by Crippen LogP contribution is 2.27. The maximum atomic E-state index is 6.33. The molecule has 0 aliphatic carbocycles. The maximum absolute atomic E-state index is 6.33. The van der Waals surface area contributed by atoms with Crippen molar-refractivity contribution >= 4 is 5.69 Å². The van der Waals surface area contributed by atoms with Gasteiger partial charge in [-0.2, -0.15) is 0 Å². The van der Waals surface area contributed by atoms with E-state index in [1.54, 1.807) is 7.11 Å². The third-order valence-electron chi connectivity index (χ3n) is 3.86. The number of hydrogen-bond acceptors (Lipinski definition) is 3. The van der Waals surface area contributed by atoms with Crippen LogP contribution in [0.25, 0.3) is 0 Å². The van der Waals surface area contributed by atoms with Gasteiger partial charge in [0.25, 0.3) is 0 Å². The molecular formula is C18H24N2O. The topological polar surface area (TPSA) is 38.5 Å². The van der Waals surface area contributed by atoms with E-state index in [0.717, 1.165) is 24.4 Å². The van der Waals surface area contributed by atoms with Gasteiger partial charge in [0, 0.05) is 19.6 Å². The molecule has 2 rings (SSSR count). The van der Waals surface area contributed by atoms with Crippen LogP contribution in [-0.2, 0) is 0 Å². The molecule has 0 amide bonds. The summed E-state index contributed by atoms with van der Waals surface area (Å²) in [6, 6.07) is 16.4. The van der Waals surface area contributed by atoms with Crippen LogP contribution in [0, 0.1) is 6.92 Å². The lowest BCUT2D eigenvalue weighted by molar-refractivity contribution is 0.414. The molecule has 0 aliphatic rings. The third-order valence-corrected chi connectivity index (χ3v) is 3.86. The van der Waals surface area contributed by atoms with Crippen molar-refractivity contribution in [1.29, 1.82) is 0 Å².